The minimum atomic E-state index is -1.20. The van der Waals surface area contributed by atoms with E-state index in [1.165, 1.54) is 24.3 Å². The Labute approximate surface area is 158 Å². The molecule has 0 aliphatic carbocycles. The molecule has 0 spiro atoms. The molecule has 0 radical (unpaired) electrons. The predicted molar refractivity (Wildman–Crippen MR) is 97.4 cm³/mol. The first-order chi connectivity index (χ1) is 12.6. The summed E-state index contributed by atoms with van der Waals surface area (Å²) in [5.41, 5.74) is 6.69. The van der Waals surface area contributed by atoms with Gasteiger partial charge in [-0.2, -0.15) is 5.26 Å². The van der Waals surface area contributed by atoms with Gasteiger partial charge in [-0.1, -0.05) is 26.0 Å². The number of benzene rings is 1. The topological polar surface area (TPSA) is 134 Å². The summed E-state index contributed by atoms with van der Waals surface area (Å²) in [4.78, 5) is 37.7. The second kappa shape index (κ2) is 9.69. The Morgan fingerprint density at radius 3 is 2.15 bits per heavy atom. The minimum absolute atomic E-state index is 0.265. The van der Waals surface area contributed by atoms with Gasteiger partial charge < -0.3 is 15.6 Å². The molecule has 0 aliphatic heterocycles. The van der Waals surface area contributed by atoms with E-state index in [0.717, 1.165) is 4.90 Å². The summed E-state index contributed by atoms with van der Waals surface area (Å²) in [6.45, 7) is 6.69. The van der Waals surface area contributed by atoms with E-state index in [2.05, 4.69) is 0 Å². The van der Waals surface area contributed by atoms with Crippen LogP contribution >= 0.6 is 0 Å². The molecule has 0 bridgehead atoms. The van der Waals surface area contributed by atoms with Crippen LogP contribution in [0, 0.1) is 17.2 Å². The maximum absolute atomic E-state index is 12.9. The molecule has 1 rings (SSSR count). The number of nitrogens with two attached hydrogens (primary N) is 1. The third kappa shape index (κ3) is 6.08. The van der Waals surface area contributed by atoms with Crippen LogP contribution in [0.2, 0.25) is 0 Å². The van der Waals surface area contributed by atoms with Gasteiger partial charge in [0.05, 0.1) is 36.2 Å². The minimum Gasteiger partial charge on any atom is -0.481 e. The van der Waals surface area contributed by atoms with Crippen molar-refractivity contribution in [3.05, 3.63) is 35.4 Å². The van der Waals surface area contributed by atoms with Crippen LogP contribution in [-0.4, -0.2) is 40.1 Å². The lowest BCUT2D eigenvalue weighted by molar-refractivity contribution is -0.140. The van der Waals surface area contributed by atoms with Crippen LogP contribution in [0.15, 0.2) is 24.3 Å². The van der Waals surface area contributed by atoms with Crippen LogP contribution in [0.3, 0.4) is 0 Å². The molecule has 0 saturated carbocycles. The van der Waals surface area contributed by atoms with Gasteiger partial charge in [0.25, 0.3) is 0 Å². The van der Waals surface area contributed by atoms with Gasteiger partial charge in [-0.3, -0.25) is 9.59 Å². The maximum Gasteiger partial charge on any atom is 0.417 e. The molecule has 3 N–H and O–H groups in total. The first-order valence-corrected chi connectivity index (χ1v) is 8.59. The zero-order chi connectivity index (χ0) is 20.7. The Bertz CT molecular complexity index is 722. The molecule has 1 aromatic rings. The number of aliphatic carboxylic acids is 1. The number of carboxylic acid groups (broad SMARTS) is 1. The number of hydrogen-bond donors (Lipinski definition) is 2. The van der Waals surface area contributed by atoms with E-state index in [-0.39, 0.29) is 5.92 Å². The smallest absolute Gasteiger partial charge is 0.417 e. The third-order valence-corrected chi connectivity index (χ3v) is 3.88. The molecule has 8 heteroatoms. The molecular weight excluding hydrogens is 350 g/mol. The summed E-state index contributed by atoms with van der Waals surface area (Å²) < 4.78 is 5.16. The molecule has 0 saturated heterocycles. The van der Waals surface area contributed by atoms with E-state index >= 15 is 0 Å². The van der Waals surface area contributed by atoms with Gasteiger partial charge in [0.15, 0.2) is 0 Å². The summed E-state index contributed by atoms with van der Waals surface area (Å²) >= 11 is 0. The summed E-state index contributed by atoms with van der Waals surface area (Å²) in [5.74, 6) is -2.18. The molecule has 27 heavy (non-hydrogen) atoms. The number of hydrogen-bond acceptors (Lipinski definition) is 6. The Kier molecular flexibility index (Phi) is 7.94. The molecule has 1 unspecified atom stereocenters. The molecule has 146 valence electrons. The number of rotatable bonds is 7. The summed E-state index contributed by atoms with van der Waals surface area (Å²) in [6.07, 6.45) is -1.98. The SMILES string of the molecule is CC(C)OC(=O)N(C(=O)[C@@H](N)C(C)C)C(CC(=O)O)c1ccc(C#N)cc1. The molecule has 8 nitrogen and oxygen atoms in total. The Balaban J connectivity index is 3.42. The van der Waals surface area contributed by atoms with Crippen molar-refractivity contribution in [2.75, 3.05) is 0 Å². The standard InChI is InChI=1S/C19H25N3O5/c1-11(2)17(21)18(25)22(19(26)27-12(3)4)15(9-16(23)24)14-7-5-13(10-20)6-8-14/h5-8,11-12,15,17H,9,21H2,1-4H3,(H,23,24)/t15?,17-/m0/s1. The Morgan fingerprint density at radius 1 is 1.19 bits per heavy atom. The van der Waals surface area contributed by atoms with Crippen molar-refractivity contribution in [2.24, 2.45) is 11.7 Å². The van der Waals surface area contributed by atoms with Gasteiger partial charge in [-0.15, -0.1) is 0 Å². The normalized spacial score (nSPS) is 13.0. The van der Waals surface area contributed by atoms with Crippen molar-refractivity contribution in [2.45, 2.75) is 52.3 Å². The van der Waals surface area contributed by atoms with Crippen molar-refractivity contribution in [3.8, 4) is 6.07 Å². The Hall–Kier alpha value is -2.92. The molecule has 2 atom stereocenters. The lowest BCUT2D eigenvalue weighted by Crippen LogP contribution is -2.51. The lowest BCUT2D eigenvalue weighted by Gasteiger charge is -2.32. The second-order valence-electron chi connectivity index (χ2n) is 6.76. The van der Waals surface area contributed by atoms with E-state index in [0.29, 0.717) is 11.1 Å². The van der Waals surface area contributed by atoms with Crippen LogP contribution in [0.1, 0.15) is 51.3 Å². The Morgan fingerprint density at radius 2 is 1.74 bits per heavy atom. The zero-order valence-corrected chi connectivity index (χ0v) is 15.9. The average Bonchev–Trinajstić information content (AvgIpc) is 2.59. The number of amides is 2. The van der Waals surface area contributed by atoms with Crippen LogP contribution in [-0.2, 0) is 14.3 Å². The number of carbonyl (C=O) groups is 3. The number of carboxylic acids is 1. The van der Waals surface area contributed by atoms with Gasteiger partial charge in [0, 0.05) is 0 Å². The fraction of sp³-hybridized carbons (Fsp3) is 0.474. The molecule has 0 fully saturated rings. The molecular formula is C19H25N3O5. The van der Waals surface area contributed by atoms with E-state index in [1.807, 2.05) is 6.07 Å². The van der Waals surface area contributed by atoms with Crippen molar-refractivity contribution in [1.29, 1.82) is 5.26 Å². The zero-order valence-electron chi connectivity index (χ0n) is 15.9. The second-order valence-corrected chi connectivity index (χ2v) is 6.76. The van der Waals surface area contributed by atoms with Crippen LogP contribution < -0.4 is 5.73 Å². The van der Waals surface area contributed by atoms with Crippen molar-refractivity contribution >= 4 is 18.0 Å². The summed E-state index contributed by atoms with van der Waals surface area (Å²) in [5, 5.41) is 18.2. The molecule has 0 heterocycles. The van der Waals surface area contributed by atoms with Crippen LogP contribution in [0.25, 0.3) is 0 Å². The van der Waals surface area contributed by atoms with Crippen LogP contribution in [0.5, 0.6) is 0 Å². The highest BCUT2D eigenvalue weighted by molar-refractivity contribution is 5.96. The third-order valence-electron chi connectivity index (χ3n) is 3.88. The first-order valence-electron chi connectivity index (χ1n) is 8.59. The highest BCUT2D eigenvalue weighted by Gasteiger charge is 2.37. The number of imide groups is 1. The fourth-order valence-electron chi connectivity index (χ4n) is 2.38. The van der Waals surface area contributed by atoms with E-state index in [9.17, 15) is 19.5 Å². The highest BCUT2D eigenvalue weighted by Crippen LogP contribution is 2.27. The van der Waals surface area contributed by atoms with Gasteiger partial charge in [0.1, 0.15) is 0 Å². The number of ether oxygens (including phenoxy) is 1. The molecule has 1 aromatic carbocycles. The number of nitriles is 1. The highest BCUT2D eigenvalue weighted by atomic mass is 16.6. The average molecular weight is 375 g/mol. The quantitative estimate of drug-likeness (QED) is 0.747. The fourth-order valence-corrected chi connectivity index (χ4v) is 2.38. The van der Waals surface area contributed by atoms with E-state index in [1.54, 1.807) is 27.7 Å². The number of nitrogens with zero attached hydrogens (tertiary/aromatic N) is 2. The first kappa shape index (κ1) is 22.1. The van der Waals surface area contributed by atoms with Crippen LogP contribution in [0.4, 0.5) is 4.79 Å². The largest absolute Gasteiger partial charge is 0.481 e. The molecule has 0 aliphatic rings. The molecule has 2 amide bonds. The summed E-state index contributed by atoms with van der Waals surface area (Å²) in [6, 6.07) is 5.84. The predicted octanol–water partition coefficient (Wildman–Crippen LogP) is 2.43. The lowest BCUT2D eigenvalue weighted by atomic mass is 9.98. The maximum atomic E-state index is 12.9. The summed E-state index contributed by atoms with van der Waals surface area (Å²) in [7, 11) is 0. The van der Waals surface area contributed by atoms with Gasteiger partial charge >= 0.3 is 12.1 Å². The van der Waals surface area contributed by atoms with Crippen molar-refractivity contribution in [3.63, 3.8) is 0 Å². The monoisotopic (exact) mass is 375 g/mol. The number of carbonyl (C=O) groups excluding carboxylic acids is 2. The van der Waals surface area contributed by atoms with Crippen molar-refractivity contribution < 1.29 is 24.2 Å². The van der Waals surface area contributed by atoms with Gasteiger partial charge in [-0.25, -0.2) is 9.69 Å². The van der Waals surface area contributed by atoms with Gasteiger partial charge in [-0.05, 0) is 37.5 Å². The van der Waals surface area contributed by atoms with Crippen molar-refractivity contribution in [1.82, 2.24) is 4.90 Å². The van der Waals surface area contributed by atoms with E-state index < -0.39 is 42.6 Å². The van der Waals surface area contributed by atoms with E-state index in [4.69, 9.17) is 15.7 Å². The van der Waals surface area contributed by atoms with Gasteiger partial charge in [0.2, 0.25) is 5.91 Å². The molecule has 0 aromatic heterocycles.